The molecule has 1 N–H and O–H groups in total. The molecule has 7 nitrogen and oxygen atoms in total. The minimum atomic E-state index is -3.47. The molecule has 0 aromatic heterocycles. The number of carbonyl (C=O) groups is 1. The zero-order valence-corrected chi connectivity index (χ0v) is 17.6. The number of nitrogens with zero attached hydrogens (tertiary/aromatic N) is 3. The molecule has 0 saturated carbocycles. The first-order valence-corrected chi connectivity index (χ1v) is 11.0. The SMILES string of the molecule is CN1CCN(C(=S)SCC(=O)Nc2ccc(S(=O)(=O)N(C)C)cc2)CC1. The quantitative estimate of drug-likeness (QED) is 0.722. The van der Waals surface area contributed by atoms with E-state index in [2.05, 4.69) is 22.2 Å². The van der Waals surface area contributed by atoms with Crippen LogP contribution < -0.4 is 5.32 Å². The van der Waals surface area contributed by atoms with E-state index in [0.29, 0.717) is 5.69 Å². The number of benzene rings is 1. The molecule has 1 aliphatic rings. The molecule has 0 atom stereocenters. The monoisotopic (exact) mass is 416 g/mol. The summed E-state index contributed by atoms with van der Waals surface area (Å²) in [5.41, 5.74) is 0.554. The lowest BCUT2D eigenvalue weighted by atomic mass is 10.3. The number of rotatable bonds is 5. The molecule has 1 amide bonds. The standard InChI is InChI=1S/C16H24N4O3S3/c1-18(2)26(22,23)14-6-4-13(5-7-14)17-15(21)12-25-16(24)20-10-8-19(3)9-11-20/h4-7H,8-12H2,1-3H3,(H,17,21). The lowest BCUT2D eigenvalue weighted by Crippen LogP contribution is -2.46. The van der Waals surface area contributed by atoms with Crippen molar-refractivity contribution in [3.8, 4) is 0 Å². The van der Waals surface area contributed by atoms with E-state index in [1.807, 2.05) is 0 Å². The lowest BCUT2D eigenvalue weighted by Gasteiger charge is -2.33. The molecule has 144 valence electrons. The Morgan fingerprint density at radius 2 is 1.77 bits per heavy atom. The van der Waals surface area contributed by atoms with Gasteiger partial charge in [0.05, 0.1) is 10.6 Å². The van der Waals surface area contributed by atoms with E-state index in [1.165, 1.54) is 38.0 Å². The van der Waals surface area contributed by atoms with Crippen LogP contribution in [0.5, 0.6) is 0 Å². The second-order valence-electron chi connectivity index (χ2n) is 6.20. The normalized spacial score (nSPS) is 15.9. The number of hydrogen-bond donors (Lipinski definition) is 1. The van der Waals surface area contributed by atoms with Crippen LogP contribution in [0.2, 0.25) is 0 Å². The van der Waals surface area contributed by atoms with Crippen LogP contribution in [0.25, 0.3) is 0 Å². The largest absolute Gasteiger partial charge is 0.355 e. The number of carbonyl (C=O) groups excluding carboxylic acids is 1. The average Bonchev–Trinajstić information content (AvgIpc) is 2.60. The Kier molecular flexibility index (Phi) is 7.42. The fraction of sp³-hybridized carbons (Fsp3) is 0.500. The molecular weight excluding hydrogens is 392 g/mol. The van der Waals surface area contributed by atoms with Gasteiger partial charge in [0.2, 0.25) is 15.9 Å². The summed E-state index contributed by atoms with van der Waals surface area (Å²) in [6.07, 6.45) is 0. The number of anilines is 1. The Balaban J connectivity index is 1.83. The van der Waals surface area contributed by atoms with E-state index >= 15 is 0 Å². The first kappa shape index (κ1) is 21.1. The predicted octanol–water partition coefficient (Wildman–Crippen LogP) is 1.14. The van der Waals surface area contributed by atoms with Crippen LogP contribution in [0, 0.1) is 0 Å². The van der Waals surface area contributed by atoms with Gasteiger partial charge in [-0.05, 0) is 31.3 Å². The molecule has 10 heteroatoms. The van der Waals surface area contributed by atoms with Gasteiger partial charge in [-0.25, -0.2) is 12.7 Å². The molecule has 1 heterocycles. The highest BCUT2D eigenvalue weighted by atomic mass is 32.2. The maximum atomic E-state index is 12.1. The van der Waals surface area contributed by atoms with Gasteiger partial charge in [0.1, 0.15) is 4.32 Å². The topological polar surface area (TPSA) is 73.0 Å². The van der Waals surface area contributed by atoms with Gasteiger partial charge in [0.15, 0.2) is 0 Å². The Morgan fingerprint density at radius 3 is 2.31 bits per heavy atom. The Hall–Kier alpha value is -1.20. The first-order valence-electron chi connectivity index (χ1n) is 8.13. The number of amides is 1. The van der Waals surface area contributed by atoms with Crippen molar-refractivity contribution in [1.29, 1.82) is 0 Å². The summed E-state index contributed by atoms with van der Waals surface area (Å²) in [7, 11) is 1.57. The molecule has 0 radical (unpaired) electrons. The number of piperazine rings is 1. The van der Waals surface area contributed by atoms with Gasteiger partial charge in [-0.15, -0.1) is 0 Å². The second-order valence-corrected chi connectivity index (χ2v) is 9.97. The number of likely N-dealkylation sites (N-methyl/N-ethyl adjacent to an activating group) is 1. The third kappa shape index (κ3) is 5.65. The molecule has 2 rings (SSSR count). The van der Waals surface area contributed by atoms with Gasteiger partial charge in [-0.1, -0.05) is 24.0 Å². The summed E-state index contributed by atoms with van der Waals surface area (Å²) in [4.78, 5) is 16.6. The van der Waals surface area contributed by atoms with Crippen LogP contribution in [0.4, 0.5) is 5.69 Å². The Labute approximate surface area is 164 Å². The van der Waals surface area contributed by atoms with Crippen molar-refractivity contribution in [2.45, 2.75) is 4.90 Å². The van der Waals surface area contributed by atoms with Crippen molar-refractivity contribution in [3.63, 3.8) is 0 Å². The molecule has 1 saturated heterocycles. The highest BCUT2D eigenvalue weighted by Crippen LogP contribution is 2.17. The number of sulfonamides is 1. The van der Waals surface area contributed by atoms with Crippen molar-refractivity contribution >= 4 is 49.9 Å². The summed E-state index contributed by atoms with van der Waals surface area (Å²) in [6, 6.07) is 6.12. The van der Waals surface area contributed by atoms with Gasteiger partial charge >= 0.3 is 0 Å². The molecular formula is C16H24N4O3S3. The third-order valence-corrected chi connectivity index (χ3v) is 7.36. The van der Waals surface area contributed by atoms with Crippen molar-refractivity contribution in [2.75, 3.05) is 58.4 Å². The number of hydrogen-bond acceptors (Lipinski definition) is 6. The molecule has 1 aliphatic heterocycles. The molecule has 0 unspecified atom stereocenters. The molecule has 1 aromatic rings. The fourth-order valence-corrected chi connectivity index (χ4v) is 4.28. The van der Waals surface area contributed by atoms with Crippen LogP contribution in [-0.2, 0) is 14.8 Å². The predicted molar refractivity (Wildman–Crippen MR) is 110 cm³/mol. The molecule has 0 spiro atoms. The van der Waals surface area contributed by atoms with Gasteiger partial charge in [0.25, 0.3) is 0 Å². The number of thiocarbonyl (C=S) groups is 1. The maximum Gasteiger partial charge on any atom is 0.242 e. The van der Waals surface area contributed by atoms with Gasteiger partial charge < -0.3 is 15.1 Å². The number of thioether (sulfide) groups is 1. The first-order chi connectivity index (χ1) is 12.2. The summed E-state index contributed by atoms with van der Waals surface area (Å²) < 4.78 is 25.9. The molecule has 0 aliphatic carbocycles. The van der Waals surface area contributed by atoms with Crippen LogP contribution in [0.1, 0.15) is 0 Å². The molecule has 26 heavy (non-hydrogen) atoms. The maximum absolute atomic E-state index is 12.1. The van der Waals surface area contributed by atoms with E-state index < -0.39 is 10.0 Å². The van der Waals surface area contributed by atoms with Gasteiger partial charge in [-0.2, -0.15) is 0 Å². The molecule has 0 bridgehead atoms. The fourth-order valence-electron chi connectivity index (χ4n) is 2.33. The smallest absolute Gasteiger partial charge is 0.242 e. The second kappa shape index (κ2) is 9.14. The van der Waals surface area contributed by atoms with Crippen molar-refractivity contribution in [3.05, 3.63) is 24.3 Å². The highest BCUT2D eigenvalue weighted by molar-refractivity contribution is 8.23. The lowest BCUT2D eigenvalue weighted by molar-refractivity contribution is -0.113. The summed E-state index contributed by atoms with van der Waals surface area (Å²) in [5, 5.41) is 2.76. The van der Waals surface area contributed by atoms with E-state index in [-0.39, 0.29) is 16.6 Å². The Bertz CT molecular complexity index is 743. The Morgan fingerprint density at radius 1 is 1.19 bits per heavy atom. The van der Waals surface area contributed by atoms with Crippen LogP contribution in [0.15, 0.2) is 29.2 Å². The zero-order chi connectivity index (χ0) is 19.3. The summed E-state index contributed by atoms with van der Waals surface area (Å²) >= 11 is 6.74. The van der Waals surface area contributed by atoms with Crippen LogP contribution >= 0.6 is 24.0 Å². The molecule has 1 aromatic carbocycles. The van der Waals surface area contributed by atoms with Gasteiger partial charge in [0, 0.05) is 46.0 Å². The van der Waals surface area contributed by atoms with E-state index in [1.54, 1.807) is 12.1 Å². The van der Waals surface area contributed by atoms with Crippen molar-refractivity contribution in [1.82, 2.24) is 14.1 Å². The zero-order valence-electron chi connectivity index (χ0n) is 15.1. The van der Waals surface area contributed by atoms with Gasteiger partial charge in [-0.3, -0.25) is 4.79 Å². The van der Waals surface area contributed by atoms with E-state index in [0.717, 1.165) is 34.8 Å². The highest BCUT2D eigenvalue weighted by Gasteiger charge is 2.18. The minimum Gasteiger partial charge on any atom is -0.355 e. The van der Waals surface area contributed by atoms with Crippen molar-refractivity contribution < 1.29 is 13.2 Å². The van der Waals surface area contributed by atoms with E-state index in [4.69, 9.17) is 12.2 Å². The number of nitrogens with one attached hydrogen (secondary N) is 1. The van der Waals surface area contributed by atoms with Crippen molar-refractivity contribution in [2.24, 2.45) is 0 Å². The molecule has 1 fully saturated rings. The summed E-state index contributed by atoms with van der Waals surface area (Å²) in [5.74, 6) is 0.0535. The third-order valence-electron chi connectivity index (χ3n) is 4.00. The average molecular weight is 417 g/mol. The van der Waals surface area contributed by atoms with E-state index in [9.17, 15) is 13.2 Å². The minimum absolute atomic E-state index is 0.172. The summed E-state index contributed by atoms with van der Waals surface area (Å²) in [6.45, 7) is 3.70. The van der Waals surface area contributed by atoms with Crippen LogP contribution in [0.3, 0.4) is 0 Å². The van der Waals surface area contributed by atoms with Crippen LogP contribution in [-0.4, -0.2) is 85.8 Å².